The van der Waals surface area contributed by atoms with Crippen LogP contribution in [0.15, 0.2) is 18.2 Å². The molecule has 19 heavy (non-hydrogen) atoms. The second-order valence-electron chi connectivity index (χ2n) is 4.22. The van der Waals surface area contributed by atoms with Crippen molar-refractivity contribution in [2.24, 2.45) is 11.7 Å². The molecule has 1 aliphatic rings. The molecule has 7 nitrogen and oxygen atoms in total. The molecular formula is C11H12ClN3O4. The highest BCUT2D eigenvalue weighted by atomic mass is 35.5. The second kappa shape index (κ2) is 5.52. The van der Waals surface area contributed by atoms with Gasteiger partial charge in [-0.1, -0.05) is 11.6 Å². The fourth-order valence-corrected chi connectivity index (χ4v) is 1.99. The number of nitrogens with one attached hydrogen (secondary N) is 1. The fraction of sp³-hybridized carbons (Fsp3) is 0.364. The van der Waals surface area contributed by atoms with Crippen LogP contribution in [0.5, 0.6) is 0 Å². The molecule has 2 unspecified atom stereocenters. The molecule has 0 aliphatic carbocycles. The molecule has 0 bridgehead atoms. The molecule has 1 aromatic rings. The maximum absolute atomic E-state index is 12.0. The van der Waals surface area contributed by atoms with Crippen LogP contribution in [-0.2, 0) is 9.53 Å². The quantitative estimate of drug-likeness (QED) is 0.640. The van der Waals surface area contributed by atoms with E-state index in [1.54, 1.807) is 0 Å². The molecule has 1 aromatic carbocycles. The number of rotatable bonds is 3. The van der Waals surface area contributed by atoms with Gasteiger partial charge in [0.1, 0.15) is 5.69 Å². The van der Waals surface area contributed by atoms with Crippen molar-refractivity contribution in [2.75, 3.05) is 18.5 Å². The summed E-state index contributed by atoms with van der Waals surface area (Å²) in [7, 11) is 0. The first-order valence-electron chi connectivity index (χ1n) is 5.57. The topological polar surface area (TPSA) is 107 Å². The number of nitrogens with zero attached hydrogens (tertiary/aromatic N) is 1. The summed E-state index contributed by atoms with van der Waals surface area (Å²) in [5.41, 5.74) is 5.55. The number of hydrogen-bond acceptors (Lipinski definition) is 5. The van der Waals surface area contributed by atoms with Gasteiger partial charge in [0.15, 0.2) is 0 Å². The maximum atomic E-state index is 12.0. The van der Waals surface area contributed by atoms with Crippen LogP contribution in [-0.4, -0.2) is 30.1 Å². The number of benzene rings is 1. The van der Waals surface area contributed by atoms with E-state index in [1.807, 2.05) is 0 Å². The number of carbonyl (C=O) groups is 1. The Morgan fingerprint density at radius 3 is 2.84 bits per heavy atom. The number of ether oxygens (including phenoxy) is 1. The summed E-state index contributed by atoms with van der Waals surface area (Å²) < 4.78 is 5.08. The highest BCUT2D eigenvalue weighted by molar-refractivity contribution is 6.31. The molecule has 1 heterocycles. The van der Waals surface area contributed by atoms with Crippen molar-refractivity contribution in [1.82, 2.24) is 0 Å². The van der Waals surface area contributed by atoms with Crippen molar-refractivity contribution in [3.8, 4) is 0 Å². The Kier molecular flexibility index (Phi) is 3.98. The molecule has 0 saturated carbocycles. The van der Waals surface area contributed by atoms with Crippen LogP contribution in [0.1, 0.15) is 0 Å². The molecular weight excluding hydrogens is 274 g/mol. The molecule has 1 amide bonds. The van der Waals surface area contributed by atoms with E-state index in [9.17, 15) is 14.9 Å². The Labute approximate surface area is 113 Å². The van der Waals surface area contributed by atoms with Gasteiger partial charge in [0.05, 0.1) is 24.1 Å². The van der Waals surface area contributed by atoms with E-state index in [4.69, 9.17) is 22.1 Å². The third-order valence-corrected chi connectivity index (χ3v) is 3.11. The lowest BCUT2D eigenvalue weighted by molar-refractivity contribution is -0.383. The van der Waals surface area contributed by atoms with Gasteiger partial charge in [-0.3, -0.25) is 14.9 Å². The molecule has 0 radical (unpaired) electrons. The molecule has 1 saturated heterocycles. The molecule has 2 rings (SSSR count). The van der Waals surface area contributed by atoms with Gasteiger partial charge in [0, 0.05) is 17.1 Å². The summed E-state index contributed by atoms with van der Waals surface area (Å²) in [6, 6.07) is 3.64. The highest BCUT2D eigenvalue weighted by Crippen LogP contribution is 2.28. The SMILES string of the molecule is NC1COCC1C(=O)Nc1ccc(Cl)cc1[N+](=O)[O-]. The van der Waals surface area contributed by atoms with E-state index < -0.39 is 22.8 Å². The summed E-state index contributed by atoms with van der Waals surface area (Å²) >= 11 is 5.69. The molecule has 0 aromatic heterocycles. The lowest BCUT2D eigenvalue weighted by Crippen LogP contribution is -2.37. The van der Waals surface area contributed by atoms with Crippen molar-refractivity contribution in [3.63, 3.8) is 0 Å². The number of amides is 1. The average molecular weight is 286 g/mol. The third-order valence-electron chi connectivity index (χ3n) is 2.88. The van der Waals surface area contributed by atoms with Gasteiger partial charge >= 0.3 is 0 Å². The van der Waals surface area contributed by atoms with E-state index in [1.165, 1.54) is 18.2 Å². The largest absolute Gasteiger partial charge is 0.379 e. The lowest BCUT2D eigenvalue weighted by Gasteiger charge is -2.13. The standard InChI is InChI=1S/C11H12ClN3O4/c12-6-1-2-9(10(3-6)15(17)18)14-11(16)7-4-19-5-8(7)13/h1-3,7-8H,4-5,13H2,(H,14,16). The summed E-state index contributed by atoms with van der Waals surface area (Å²) in [5.74, 6) is -0.897. The first kappa shape index (κ1) is 13.7. The number of hydrogen-bond donors (Lipinski definition) is 2. The maximum Gasteiger partial charge on any atom is 0.294 e. The van der Waals surface area contributed by atoms with Crippen molar-refractivity contribution in [3.05, 3.63) is 33.3 Å². The van der Waals surface area contributed by atoms with Gasteiger partial charge in [0.25, 0.3) is 5.69 Å². The van der Waals surface area contributed by atoms with E-state index in [0.717, 1.165) is 0 Å². The van der Waals surface area contributed by atoms with Crippen LogP contribution < -0.4 is 11.1 Å². The van der Waals surface area contributed by atoms with Gasteiger partial charge in [0.2, 0.25) is 5.91 Å². The van der Waals surface area contributed by atoms with Crippen molar-refractivity contribution < 1.29 is 14.5 Å². The minimum absolute atomic E-state index is 0.0958. The highest BCUT2D eigenvalue weighted by Gasteiger charge is 2.32. The molecule has 1 fully saturated rings. The monoisotopic (exact) mass is 285 g/mol. The van der Waals surface area contributed by atoms with Crippen LogP contribution in [0.4, 0.5) is 11.4 Å². The van der Waals surface area contributed by atoms with Gasteiger partial charge in [-0.15, -0.1) is 0 Å². The molecule has 0 spiro atoms. The normalized spacial score (nSPS) is 22.2. The van der Waals surface area contributed by atoms with Crippen molar-refractivity contribution >= 4 is 28.9 Å². The van der Waals surface area contributed by atoms with Crippen LogP contribution in [0.3, 0.4) is 0 Å². The molecule has 3 N–H and O–H groups in total. The summed E-state index contributed by atoms with van der Waals surface area (Å²) in [6.45, 7) is 0.523. The number of carbonyl (C=O) groups excluding carboxylic acids is 1. The van der Waals surface area contributed by atoms with Gasteiger partial charge < -0.3 is 15.8 Å². The number of nitro benzene ring substituents is 1. The Bertz CT molecular complexity index is 523. The predicted molar refractivity (Wildman–Crippen MR) is 69.0 cm³/mol. The van der Waals surface area contributed by atoms with Crippen LogP contribution in [0.2, 0.25) is 5.02 Å². The van der Waals surface area contributed by atoms with Gasteiger partial charge in [-0.05, 0) is 12.1 Å². The first-order valence-corrected chi connectivity index (χ1v) is 5.95. The fourth-order valence-electron chi connectivity index (χ4n) is 1.83. The minimum Gasteiger partial charge on any atom is -0.379 e. The zero-order valence-corrected chi connectivity index (χ0v) is 10.6. The lowest BCUT2D eigenvalue weighted by atomic mass is 10.0. The minimum atomic E-state index is -0.605. The van der Waals surface area contributed by atoms with Crippen LogP contribution >= 0.6 is 11.6 Å². The Hall–Kier alpha value is -1.70. The molecule has 1 aliphatic heterocycles. The van der Waals surface area contributed by atoms with E-state index in [0.29, 0.717) is 6.61 Å². The predicted octanol–water partition coefficient (Wildman–Crippen LogP) is 1.16. The van der Waals surface area contributed by atoms with E-state index in [2.05, 4.69) is 5.32 Å². The number of nitro groups is 1. The number of halogens is 1. The molecule has 102 valence electrons. The molecule has 8 heteroatoms. The first-order chi connectivity index (χ1) is 8.99. The summed E-state index contributed by atoms with van der Waals surface area (Å²) in [6.07, 6.45) is 0. The van der Waals surface area contributed by atoms with Crippen LogP contribution in [0, 0.1) is 16.0 Å². The summed E-state index contributed by atoms with van der Waals surface area (Å²) in [5, 5.41) is 13.6. The Morgan fingerprint density at radius 2 is 2.26 bits per heavy atom. The second-order valence-corrected chi connectivity index (χ2v) is 4.65. The van der Waals surface area contributed by atoms with E-state index in [-0.39, 0.29) is 23.0 Å². The van der Waals surface area contributed by atoms with E-state index >= 15 is 0 Å². The Morgan fingerprint density at radius 1 is 1.53 bits per heavy atom. The zero-order valence-electron chi connectivity index (χ0n) is 9.84. The van der Waals surface area contributed by atoms with Crippen molar-refractivity contribution in [1.29, 1.82) is 0 Å². The third kappa shape index (κ3) is 3.01. The zero-order chi connectivity index (χ0) is 14.0. The smallest absolute Gasteiger partial charge is 0.294 e. The average Bonchev–Trinajstić information content (AvgIpc) is 2.77. The van der Waals surface area contributed by atoms with Gasteiger partial charge in [-0.25, -0.2) is 0 Å². The molecule has 2 atom stereocenters. The number of anilines is 1. The van der Waals surface area contributed by atoms with Crippen molar-refractivity contribution in [2.45, 2.75) is 6.04 Å². The van der Waals surface area contributed by atoms with Gasteiger partial charge in [-0.2, -0.15) is 0 Å². The number of nitrogens with two attached hydrogens (primary N) is 1. The Balaban J connectivity index is 2.19. The summed E-state index contributed by atoms with van der Waals surface area (Å²) in [4.78, 5) is 22.2. The van der Waals surface area contributed by atoms with Crippen LogP contribution in [0.25, 0.3) is 0 Å².